The minimum Gasteiger partial charge on any atom is -0.481 e. The number of hydrogen-bond donors (Lipinski definition) is 1. The molecule has 0 atom stereocenters. The summed E-state index contributed by atoms with van der Waals surface area (Å²) in [7, 11) is 0. The molecule has 0 aliphatic rings. The maximum absolute atomic E-state index is 11.4. The Labute approximate surface area is 93.2 Å². The van der Waals surface area contributed by atoms with Crippen molar-refractivity contribution in [1.82, 2.24) is 4.57 Å². The van der Waals surface area contributed by atoms with Gasteiger partial charge in [0.15, 0.2) is 0 Å². The first-order chi connectivity index (χ1) is 6.50. The first-order valence-corrected chi connectivity index (χ1v) is 4.95. The molecule has 1 rings (SSSR count). The molecule has 0 aliphatic heterocycles. The molecule has 0 unspecified atom stereocenters. The van der Waals surface area contributed by atoms with Crippen LogP contribution in [-0.4, -0.2) is 15.6 Å². The van der Waals surface area contributed by atoms with E-state index in [1.54, 1.807) is 0 Å². The predicted octanol–water partition coefficient (Wildman–Crippen LogP) is 1.74. The van der Waals surface area contributed by atoms with Crippen molar-refractivity contribution in [2.24, 2.45) is 0 Å². The topological polar surface area (TPSA) is 59.3 Å². The Bertz CT molecular complexity index is 416. The van der Waals surface area contributed by atoms with Crippen molar-refractivity contribution in [3.05, 3.63) is 32.1 Å². The van der Waals surface area contributed by atoms with Gasteiger partial charge in [-0.25, -0.2) is 0 Å². The monoisotopic (exact) mass is 279 g/mol. The first kappa shape index (κ1) is 11.3. The van der Waals surface area contributed by atoms with Crippen LogP contribution in [0.2, 0.25) is 5.02 Å². The number of carboxylic acids is 1. The quantitative estimate of drug-likeness (QED) is 0.917. The smallest absolute Gasteiger partial charge is 0.305 e. The Hall–Kier alpha value is -0.810. The van der Waals surface area contributed by atoms with Crippen LogP contribution >= 0.6 is 27.5 Å². The molecular formula is C8H7BrClNO3. The largest absolute Gasteiger partial charge is 0.481 e. The molecule has 0 saturated heterocycles. The van der Waals surface area contributed by atoms with Crippen molar-refractivity contribution in [3.63, 3.8) is 0 Å². The highest BCUT2D eigenvalue weighted by atomic mass is 79.9. The van der Waals surface area contributed by atoms with Gasteiger partial charge in [0.1, 0.15) is 5.02 Å². The molecule has 0 fully saturated rings. The molecule has 0 saturated carbocycles. The van der Waals surface area contributed by atoms with Gasteiger partial charge in [0.05, 0.1) is 6.42 Å². The lowest BCUT2D eigenvalue weighted by Gasteiger charge is -2.04. The Morgan fingerprint density at radius 3 is 2.86 bits per heavy atom. The number of rotatable bonds is 3. The van der Waals surface area contributed by atoms with Crippen LogP contribution in [-0.2, 0) is 11.3 Å². The molecule has 1 heterocycles. The number of halogens is 2. The van der Waals surface area contributed by atoms with Gasteiger partial charge >= 0.3 is 5.97 Å². The lowest BCUT2D eigenvalue weighted by Crippen LogP contribution is -2.21. The van der Waals surface area contributed by atoms with Crippen molar-refractivity contribution in [2.75, 3.05) is 0 Å². The van der Waals surface area contributed by atoms with Crippen molar-refractivity contribution in [2.45, 2.75) is 13.0 Å². The van der Waals surface area contributed by atoms with Crippen molar-refractivity contribution in [1.29, 1.82) is 0 Å². The lowest BCUT2D eigenvalue weighted by molar-refractivity contribution is -0.137. The van der Waals surface area contributed by atoms with Crippen LogP contribution in [0.5, 0.6) is 0 Å². The van der Waals surface area contributed by atoms with Gasteiger partial charge in [0.2, 0.25) is 0 Å². The fraction of sp³-hybridized carbons (Fsp3) is 0.250. The number of aryl methyl sites for hydroxylation is 1. The first-order valence-electron chi connectivity index (χ1n) is 3.78. The molecule has 1 aromatic heterocycles. The third kappa shape index (κ3) is 2.85. The van der Waals surface area contributed by atoms with E-state index in [0.717, 1.165) is 0 Å². The Balaban J connectivity index is 2.97. The van der Waals surface area contributed by atoms with E-state index in [2.05, 4.69) is 15.9 Å². The molecule has 14 heavy (non-hydrogen) atoms. The number of pyridine rings is 1. The summed E-state index contributed by atoms with van der Waals surface area (Å²) in [4.78, 5) is 21.6. The Kier molecular flexibility index (Phi) is 3.71. The highest BCUT2D eigenvalue weighted by molar-refractivity contribution is 9.10. The van der Waals surface area contributed by atoms with Crippen LogP contribution in [0, 0.1) is 0 Å². The summed E-state index contributed by atoms with van der Waals surface area (Å²) in [5.41, 5.74) is -0.379. The molecule has 1 N–H and O–H groups in total. The maximum atomic E-state index is 11.4. The van der Waals surface area contributed by atoms with Crippen LogP contribution in [0.25, 0.3) is 0 Å². The van der Waals surface area contributed by atoms with Crippen molar-refractivity contribution in [3.8, 4) is 0 Å². The zero-order valence-electron chi connectivity index (χ0n) is 7.04. The van der Waals surface area contributed by atoms with Gasteiger partial charge in [0, 0.05) is 17.2 Å². The summed E-state index contributed by atoms with van der Waals surface area (Å²) in [6, 6.07) is 1.47. The fourth-order valence-electron chi connectivity index (χ4n) is 0.947. The minimum absolute atomic E-state index is 0.0739. The van der Waals surface area contributed by atoms with Gasteiger partial charge in [-0.2, -0.15) is 0 Å². The average Bonchev–Trinajstić information content (AvgIpc) is 2.08. The highest BCUT2D eigenvalue weighted by Crippen LogP contribution is 2.12. The third-order valence-corrected chi connectivity index (χ3v) is 2.28. The van der Waals surface area contributed by atoms with E-state index in [0.29, 0.717) is 4.47 Å². The van der Waals surface area contributed by atoms with Gasteiger partial charge in [-0.3, -0.25) is 9.59 Å². The van der Waals surface area contributed by atoms with E-state index < -0.39 is 5.97 Å². The lowest BCUT2D eigenvalue weighted by atomic mass is 10.4. The van der Waals surface area contributed by atoms with Gasteiger partial charge in [-0.15, -0.1) is 0 Å². The van der Waals surface area contributed by atoms with Crippen LogP contribution in [0.1, 0.15) is 6.42 Å². The van der Waals surface area contributed by atoms with E-state index in [1.165, 1.54) is 16.8 Å². The summed E-state index contributed by atoms with van der Waals surface area (Å²) < 4.78 is 1.91. The van der Waals surface area contributed by atoms with E-state index in [-0.39, 0.29) is 23.5 Å². The SMILES string of the molecule is O=C(O)CCn1cc(Br)cc(Cl)c1=O. The van der Waals surface area contributed by atoms with Crippen molar-refractivity contribution >= 4 is 33.5 Å². The normalized spacial score (nSPS) is 10.1. The standard InChI is InChI=1S/C8H7BrClNO3/c9-5-3-6(10)8(14)11(4-5)2-1-7(12)13/h3-4H,1-2H2,(H,12,13). The molecule has 0 aliphatic carbocycles. The molecule has 1 aromatic rings. The number of hydrogen-bond acceptors (Lipinski definition) is 2. The zero-order valence-corrected chi connectivity index (χ0v) is 9.38. The van der Waals surface area contributed by atoms with Gasteiger partial charge in [-0.1, -0.05) is 11.6 Å². The van der Waals surface area contributed by atoms with E-state index in [4.69, 9.17) is 16.7 Å². The molecule has 0 spiro atoms. The molecule has 0 amide bonds. The molecule has 4 nitrogen and oxygen atoms in total. The van der Waals surface area contributed by atoms with Gasteiger partial charge in [0.25, 0.3) is 5.56 Å². The zero-order chi connectivity index (χ0) is 10.7. The van der Waals surface area contributed by atoms with E-state index in [1.807, 2.05) is 0 Å². The van der Waals surface area contributed by atoms with Crippen molar-refractivity contribution < 1.29 is 9.90 Å². The van der Waals surface area contributed by atoms with Crippen LogP contribution < -0.4 is 5.56 Å². The fourth-order valence-corrected chi connectivity index (χ4v) is 1.78. The summed E-state index contributed by atoms with van der Waals surface area (Å²) >= 11 is 8.79. The van der Waals surface area contributed by atoms with E-state index in [9.17, 15) is 9.59 Å². The second kappa shape index (κ2) is 4.61. The predicted molar refractivity (Wildman–Crippen MR) is 55.7 cm³/mol. The van der Waals surface area contributed by atoms with Gasteiger partial charge in [-0.05, 0) is 22.0 Å². The van der Waals surface area contributed by atoms with E-state index >= 15 is 0 Å². The third-order valence-electron chi connectivity index (χ3n) is 1.58. The molecule has 6 heteroatoms. The number of nitrogens with zero attached hydrogens (tertiary/aromatic N) is 1. The molecule has 76 valence electrons. The summed E-state index contributed by atoms with van der Waals surface area (Å²) in [6.07, 6.45) is 1.41. The highest BCUT2D eigenvalue weighted by Gasteiger charge is 2.04. The minimum atomic E-state index is -0.951. The van der Waals surface area contributed by atoms with Crippen LogP contribution in [0.15, 0.2) is 21.5 Å². The Morgan fingerprint density at radius 1 is 1.64 bits per heavy atom. The summed E-state index contributed by atoms with van der Waals surface area (Å²) in [5.74, 6) is -0.951. The van der Waals surface area contributed by atoms with Crippen LogP contribution in [0.3, 0.4) is 0 Å². The molecule has 0 bridgehead atoms. The number of carbonyl (C=O) groups is 1. The number of aromatic nitrogens is 1. The summed E-state index contributed by atoms with van der Waals surface area (Å²) in [6.45, 7) is 0.118. The Morgan fingerprint density at radius 2 is 2.29 bits per heavy atom. The number of aliphatic carboxylic acids is 1. The van der Waals surface area contributed by atoms with Crippen LogP contribution in [0.4, 0.5) is 0 Å². The molecule has 0 radical (unpaired) electrons. The molecular weight excluding hydrogens is 273 g/mol. The number of carboxylic acid groups (broad SMARTS) is 1. The summed E-state index contributed by atoms with van der Waals surface area (Å²) in [5, 5.41) is 8.52. The van der Waals surface area contributed by atoms with Gasteiger partial charge < -0.3 is 9.67 Å². The second-order valence-electron chi connectivity index (χ2n) is 2.65. The average molecular weight is 281 g/mol. The maximum Gasteiger partial charge on any atom is 0.305 e. The molecule has 0 aromatic carbocycles. The second-order valence-corrected chi connectivity index (χ2v) is 3.97.